The molecule has 5 heteroatoms. The Morgan fingerprint density at radius 3 is 2.56 bits per heavy atom. The molecule has 16 heavy (non-hydrogen) atoms. The van der Waals surface area contributed by atoms with Crippen LogP contribution in [-0.2, 0) is 10.4 Å². The first-order chi connectivity index (χ1) is 7.41. The van der Waals surface area contributed by atoms with Gasteiger partial charge in [-0.15, -0.1) is 0 Å². The summed E-state index contributed by atoms with van der Waals surface area (Å²) >= 11 is 0. The van der Waals surface area contributed by atoms with Crippen molar-refractivity contribution in [3.63, 3.8) is 0 Å². The fraction of sp³-hybridized carbons (Fsp3) is 0.364. The van der Waals surface area contributed by atoms with Crippen molar-refractivity contribution in [1.82, 2.24) is 4.98 Å². The van der Waals surface area contributed by atoms with E-state index in [0.29, 0.717) is 11.4 Å². The smallest absolute Gasteiger partial charge is 0.276 e. The molecule has 1 aliphatic heterocycles. The van der Waals surface area contributed by atoms with Crippen LogP contribution in [0, 0.1) is 32.1 Å². The number of nitrogens with one attached hydrogen (secondary N) is 1. The van der Waals surface area contributed by atoms with Crippen molar-refractivity contribution in [2.24, 2.45) is 0 Å². The lowest BCUT2D eigenvalue weighted by atomic mass is 9.94. The molecule has 0 aromatic carbocycles. The summed E-state index contributed by atoms with van der Waals surface area (Å²) in [6.45, 7) is 5.29. The van der Waals surface area contributed by atoms with E-state index in [1.54, 1.807) is 19.9 Å². The summed E-state index contributed by atoms with van der Waals surface area (Å²) < 4.78 is 0. The van der Waals surface area contributed by atoms with Gasteiger partial charge in [0, 0.05) is 11.4 Å². The zero-order valence-electron chi connectivity index (χ0n) is 9.25. The predicted molar refractivity (Wildman–Crippen MR) is 56.6 cm³/mol. The van der Waals surface area contributed by atoms with Gasteiger partial charge in [0.25, 0.3) is 11.5 Å². The van der Waals surface area contributed by atoms with Gasteiger partial charge in [-0.2, -0.15) is 5.26 Å². The number of amides is 1. The number of nitriles is 1. The summed E-state index contributed by atoms with van der Waals surface area (Å²) in [4.78, 5) is 15.8. The molecule has 0 aliphatic carbocycles. The normalized spacial score (nSPS) is 22.6. The Labute approximate surface area is 92.7 Å². The minimum atomic E-state index is -2.11. The van der Waals surface area contributed by atoms with Gasteiger partial charge in [0.05, 0.1) is 11.3 Å². The van der Waals surface area contributed by atoms with E-state index in [2.05, 4.69) is 10.3 Å². The average Bonchev–Trinajstić information content (AvgIpc) is 2.50. The van der Waals surface area contributed by atoms with E-state index in [0.717, 1.165) is 11.3 Å². The van der Waals surface area contributed by atoms with Gasteiger partial charge in [-0.25, -0.2) is 0 Å². The molecule has 1 aromatic heterocycles. The number of pyridine rings is 1. The van der Waals surface area contributed by atoms with E-state index >= 15 is 0 Å². The van der Waals surface area contributed by atoms with Gasteiger partial charge >= 0.3 is 0 Å². The predicted octanol–water partition coefficient (Wildman–Crippen LogP) is 0.670. The zero-order valence-corrected chi connectivity index (χ0v) is 9.25. The lowest BCUT2D eigenvalue weighted by Crippen LogP contribution is -2.32. The van der Waals surface area contributed by atoms with Gasteiger partial charge in [-0.05, 0) is 26.3 Å². The maximum absolute atomic E-state index is 11.6. The van der Waals surface area contributed by atoms with E-state index < -0.39 is 11.5 Å². The van der Waals surface area contributed by atoms with Crippen LogP contribution in [0.2, 0.25) is 0 Å². The summed E-state index contributed by atoms with van der Waals surface area (Å²) in [5.41, 5.74) is 0.742. The van der Waals surface area contributed by atoms with Crippen LogP contribution in [0.15, 0.2) is 0 Å². The number of aliphatic hydroxyl groups is 1. The summed E-state index contributed by atoms with van der Waals surface area (Å²) in [6.07, 6.45) is 0. The van der Waals surface area contributed by atoms with E-state index in [-0.39, 0.29) is 5.56 Å². The van der Waals surface area contributed by atoms with Crippen molar-refractivity contribution < 1.29 is 9.90 Å². The summed E-state index contributed by atoms with van der Waals surface area (Å²) in [7, 11) is 0. The second kappa shape index (κ2) is 3.03. The molecule has 0 spiro atoms. The molecule has 0 bridgehead atoms. The number of nitrogens with zero attached hydrogens (tertiary/aromatic N) is 2. The number of fused-ring (bicyclic) bond motifs is 1. The second-order valence-corrected chi connectivity index (χ2v) is 3.93. The molecule has 1 amide bonds. The van der Waals surface area contributed by atoms with Crippen molar-refractivity contribution in [3.8, 4) is 6.07 Å². The van der Waals surface area contributed by atoms with Gasteiger partial charge in [0.2, 0.25) is 0 Å². The molecule has 82 valence electrons. The number of hydrogen-bond donors (Lipinski definition) is 2. The Hall–Kier alpha value is -1.93. The topological polar surface area (TPSA) is 86.0 Å². The van der Waals surface area contributed by atoms with Gasteiger partial charge in [-0.1, -0.05) is 0 Å². The lowest BCUT2D eigenvalue weighted by Gasteiger charge is -2.14. The largest absolute Gasteiger partial charge is 0.364 e. The Balaban J connectivity index is 2.84. The number of aromatic nitrogens is 1. The average molecular weight is 217 g/mol. The minimum absolute atomic E-state index is 0.281. The molecule has 2 heterocycles. The van der Waals surface area contributed by atoms with Crippen LogP contribution in [0.25, 0.3) is 0 Å². The molecule has 0 radical (unpaired) electrons. The van der Waals surface area contributed by atoms with Crippen LogP contribution < -0.4 is 5.32 Å². The van der Waals surface area contributed by atoms with Crippen molar-refractivity contribution in [2.45, 2.75) is 26.4 Å². The third kappa shape index (κ3) is 1.08. The third-order valence-electron chi connectivity index (χ3n) is 2.96. The molecule has 0 saturated heterocycles. The van der Waals surface area contributed by atoms with Crippen molar-refractivity contribution in [1.29, 1.82) is 5.26 Å². The summed E-state index contributed by atoms with van der Waals surface area (Å²) in [5.74, 6) is -0.705. The fourth-order valence-corrected chi connectivity index (χ4v) is 1.96. The van der Waals surface area contributed by atoms with E-state index in [1.165, 1.54) is 0 Å². The number of carbonyl (C=O) groups is 1. The SMILES string of the molecule is Cc1nc(C)c2c(c1C)NC(=O)C2(O)C#N. The Morgan fingerprint density at radius 1 is 1.38 bits per heavy atom. The number of hydrogen-bond acceptors (Lipinski definition) is 4. The molecule has 5 nitrogen and oxygen atoms in total. The number of anilines is 1. The fourth-order valence-electron chi connectivity index (χ4n) is 1.96. The Morgan fingerprint density at radius 2 is 2.00 bits per heavy atom. The lowest BCUT2D eigenvalue weighted by molar-refractivity contribution is -0.128. The van der Waals surface area contributed by atoms with Gasteiger partial charge in [-0.3, -0.25) is 9.78 Å². The summed E-state index contributed by atoms with van der Waals surface area (Å²) in [5, 5.41) is 21.5. The maximum Gasteiger partial charge on any atom is 0.276 e. The van der Waals surface area contributed by atoms with Gasteiger partial charge in [0.1, 0.15) is 6.07 Å². The highest BCUT2D eigenvalue weighted by Gasteiger charge is 2.48. The Bertz CT molecular complexity index is 545. The maximum atomic E-state index is 11.6. The third-order valence-corrected chi connectivity index (χ3v) is 2.96. The molecule has 2 N–H and O–H groups in total. The first kappa shape index (κ1) is 10.6. The standard InChI is InChI=1S/C11H11N3O2/c1-5-6(2)13-7(3)8-9(5)14-10(15)11(8,16)4-12/h16H,1-3H3,(H,14,15). The van der Waals surface area contributed by atoms with Crippen LogP contribution in [-0.4, -0.2) is 16.0 Å². The highest BCUT2D eigenvalue weighted by Crippen LogP contribution is 2.39. The van der Waals surface area contributed by atoms with Gasteiger partial charge < -0.3 is 10.4 Å². The van der Waals surface area contributed by atoms with Crippen molar-refractivity contribution >= 4 is 11.6 Å². The first-order valence-corrected chi connectivity index (χ1v) is 4.85. The number of aryl methyl sites for hydroxylation is 2. The summed E-state index contributed by atoms with van der Waals surface area (Å²) in [6, 6.07) is 1.64. The second-order valence-electron chi connectivity index (χ2n) is 3.93. The molecular formula is C11H11N3O2. The van der Waals surface area contributed by atoms with Crippen LogP contribution >= 0.6 is 0 Å². The molecule has 0 saturated carbocycles. The van der Waals surface area contributed by atoms with Crippen molar-refractivity contribution in [3.05, 3.63) is 22.5 Å². The van der Waals surface area contributed by atoms with Crippen LogP contribution in [0.4, 0.5) is 5.69 Å². The molecule has 1 aromatic rings. The molecule has 2 rings (SSSR count). The highest BCUT2D eigenvalue weighted by molar-refractivity contribution is 6.08. The number of carbonyl (C=O) groups excluding carboxylic acids is 1. The van der Waals surface area contributed by atoms with Gasteiger partial charge in [0.15, 0.2) is 0 Å². The van der Waals surface area contributed by atoms with E-state index in [1.807, 2.05) is 6.92 Å². The molecule has 0 fully saturated rings. The Kier molecular flexibility index (Phi) is 2.00. The highest BCUT2D eigenvalue weighted by atomic mass is 16.3. The first-order valence-electron chi connectivity index (χ1n) is 4.85. The number of rotatable bonds is 0. The molecular weight excluding hydrogens is 206 g/mol. The molecule has 1 aliphatic rings. The van der Waals surface area contributed by atoms with Crippen LogP contribution in [0.5, 0.6) is 0 Å². The van der Waals surface area contributed by atoms with Crippen LogP contribution in [0.3, 0.4) is 0 Å². The molecule has 1 atom stereocenters. The van der Waals surface area contributed by atoms with Crippen molar-refractivity contribution in [2.75, 3.05) is 5.32 Å². The molecule has 1 unspecified atom stereocenters. The zero-order chi connectivity index (χ0) is 12.1. The van der Waals surface area contributed by atoms with Crippen LogP contribution in [0.1, 0.15) is 22.5 Å². The monoisotopic (exact) mass is 217 g/mol. The minimum Gasteiger partial charge on any atom is -0.364 e. The quantitative estimate of drug-likeness (QED) is 0.625. The van der Waals surface area contributed by atoms with E-state index in [4.69, 9.17) is 5.26 Å². The van der Waals surface area contributed by atoms with E-state index in [9.17, 15) is 9.90 Å².